The van der Waals surface area contributed by atoms with Crippen molar-refractivity contribution in [1.82, 2.24) is 5.32 Å². The molecule has 2 aromatic carbocycles. The van der Waals surface area contributed by atoms with Crippen LogP contribution in [0, 0.1) is 12.7 Å². The second-order valence-corrected chi connectivity index (χ2v) is 10.00. The fraction of sp³-hybridized carbons (Fsp3) is 0.350. The van der Waals surface area contributed by atoms with Crippen molar-refractivity contribution in [1.29, 1.82) is 0 Å². The molecule has 2 rings (SSSR count). The van der Waals surface area contributed by atoms with Gasteiger partial charge in [-0.2, -0.15) is 11.8 Å². The third kappa shape index (κ3) is 7.53. The zero-order valence-corrected chi connectivity index (χ0v) is 18.7. The number of thioether (sulfide) groups is 1. The van der Waals surface area contributed by atoms with Crippen molar-refractivity contribution in [2.45, 2.75) is 19.1 Å². The molecule has 0 spiro atoms. The van der Waals surface area contributed by atoms with Gasteiger partial charge in [-0.3, -0.25) is 9.10 Å². The monoisotopic (exact) mass is 458 g/mol. The summed E-state index contributed by atoms with van der Waals surface area (Å²) >= 11 is 7.56. The van der Waals surface area contributed by atoms with Crippen LogP contribution < -0.4 is 9.62 Å². The maximum Gasteiger partial charge on any atom is 0.240 e. The number of carbonyl (C=O) groups is 1. The first-order valence-corrected chi connectivity index (χ1v) is 12.4. The topological polar surface area (TPSA) is 66.5 Å². The number of carbonyl (C=O) groups excluding carboxylic acids is 1. The highest BCUT2D eigenvalue weighted by Gasteiger charge is 2.22. The molecule has 0 aliphatic heterocycles. The van der Waals surface area contributed by atoms with Crippen molar-refractivity contribution in [3.8, 4) is 0 Å². The van der Waals surface area contributed by atoms with Crippen LogP contribution in [-0.2, 0) is 20.6 Å². The molecule has 2 aromatic rings. The van der Waals surface area contributed by atoms with Crippen LogP contribution >= 0.6 is 23.4 Å². The lowest BCUT2D eigenvalue weighted by Crippen LogP contribution is -2.41. The van der Waals surface area contributed by atoms with Crippen molar-refractivity contribution < 1.29 is 17.6 Å². The van der Waals surface area contributed by atoms with Crippen LogP contribution in [-0.4, -0.2) is 39.4 Å². The van der Waals surface area contributed by atoms with Gasteiger partial charge in [-0.25, -0.2) is 12.8 Å². The Hall–Kier alpha value is -1.77. The molecular weight excluding hydrogens is 435 g/mol. The molecule has 0 heterocycles. The fourth-order valence-corrected chi connectivity index (χ4v) is 4.64. The van der Waals surface area contributed by atoms with Gasteiger partial charge in [0, 0.05) is 17.3 Å². The Morgan fingerprint density at radius 3 is 2.66 bits per heavy atom. The minimum atomic E-state index is -3.65. The van der Waals surface area contributed by atoms with Gasteiger partial charge in [-0.15, -0.1) is 0 Å². The Bertz CT molecular complexity index is 954. The Balaban J connectivity index is 1.82. The lowest BCUT2D eigenvalue weighted by Gasteiger charge is -2.23. The lowest BCUT2D eigenvalue weighted by atomic mass is 10.2. The molecule has 158 valence electrons. The number of benzene rings is 2. The Morgan fingerprint density at radius 1 is 1.24 bits per heavy atom. The number of aryl methyl sites for hydroxylation is 1. The van der Waals surface area contributed by atoms with E-state index in [-0.39, 0.29) is 12.4 Å². The number of nitrogens with zero attached hydrogens (tertiary/aromatic N) is 1. The van der Waals surface area contributed by atoms with E-state index in [1.165, 1.54) is 12.1 Å². The third-order valence-electron chi connectivity index (χ3n) is 4.13. The molecule has 1 amide bonds. The Kier molecular flexibility index (Phi) is 8.79. The van der Waals surface area contributed by atoms with E-state index in [2.05, 4.69) is 5.32 Å². The molecule has 0 atom stereocenters. The van der Waals surface area contributed by atoms with Gasteiger partial charge in [0.25, 0.3) is 0 Å². The van der Waals surface area contributed by atoms with E-state index in [0.29, 0.717) is 40.6 Å². The van der Waals surface area contributed by atoms with Crippen molar-refractivity contribution in [2.24, 2.45) is 0 Å². The maximum absolute atomic E-state index is 13.5. The summed E-state index contributed by atoms with van der Waals surface area (Å²) in [6, 6.07) is 11.6. The average molecular weight is 459 g/mol. The molecule has 5 nitrogen and oxygen atoms in total. The second-order valence-electron chi connectivity index (χ2n) is 6.55. The summed E-state index contributed by atoms with van der Waals surface area (Å²) in [5.41, 5.74) is 1.75. The average Bonchev–Trinajstić information content (AvgIpc) is 2.65. The van der Waals surface area contributed by atoms with Crippen molar-refractivity contribution in [3.05, 3.63) is 64.4 Å². The molecular formula is C20H24ClFN2O3S2. The largest absolute Gasteiger partial charge is 0.354 e. The van der Waals surface area contributed by atoms with Gasteiger partial charge in [0.1, 0.15) is 12.4 Å². The lowest BCUT2D eigenvalue weighted by molar-refractivity contribution is -0.119. The summed E-state index contributed by atoms with van der Waals surface area (Å²) in [4.78, 5) is 12.3. The molecule has 29 heavy (non-hydrogen) atoms. The molecule has 0 aliphatic rings. The summed E-state index contributed by atoms with van der Waals surface area (Å²) in [5.74, 6) is 0.702. The summed E-state index contributed by atoms with van der Waals surface area (Å²) in [6.07, 6.45) is 1.75. The Labute approximate surface area is 180 Å². The highest BCUT2D eigenvalue weighted by atomic mass is 35.5. The number of nitrogens with one attached hydrogen (secondary N) is 1. The normalized spacial score (nSPS) is 11.3. The minimum absolute atomic E-state index is 0.217. The zero-order chi connectivity index (χ0) is 21.4. The minimum Gasteiger partial charge on any atom is -0.354 e. The van der Waals surface area contributed by atoms with E-state index < -0.39 is 15.9 Å². The highest BCUT2D eigenvalue weighted by Crippen LogP contribution is 2.26. The first-order chi connectivity index (χ1) is 13.7. The van der Waals surface area contributed by atoms with Crippen molar-refractivity contribution in [3.63, 3.8) is 0 Å². The number of halogens is 2. The van der Waals surface area contributed by atoms with Gasteiger partial charge < -0.3 is 5.32 Å². The fourth-order valence-electron chi connectivity index (χ4n) is 2.62. The summed E-state index contributed by atoms with van der Waals surface area (Å²) in [5, 5.41) is 3.13. The predicted octanol–water partition coefficient (Wildman–Crippen LogP) is 3.99. The van der Waals surface area contributed by atoms with Gasteiger partial charge in [0.05, 0.1) is 11.9 Å². The van der Waals surface area contributed by atoms with Gasteiger partial charge in [-0.1, -0.05) is 35.9 Å². The third-order valence-corrected chi connectivity index (χ3v) is 6.58. The Morgan fingerprint density at radius 2 is 1.97 bits per heavy atom. The molecule has 0 saturated heterocycles. The van der Waals surface area contributed by atoms with Crippen LogP contribution in [0.25, 0.3) is 0 Å². The van der Waals surface area contributed by atoms with Gasteiger partial charge in [0.15, 0.2) is 0 Å². The van der Waals surface area contributed by atoms with E-state index in [4.69, 9.17) is 11.6 Å². The van der Waals surface area contributed by atoms with Crippen molar-refractivity contribution >= 4 is 45.0 Å². The molecule has 0 saturated carbocycles. The van der Waals surface area contributed by atoms with Crippen LogP contribution in [0.5, 0.6) is 0 Å². The highest BCUT2D eigenvalue weighted by molar-refractivity contribution is 7.98. The number of rotatable bonds is 10. The standard InChI is InChI=1S/C20H24ClFN2O3S2/c1-15-8-9-17(21)12-19(15)24(29(2,26)27)13-20(25)23-10-5-11-28-14-16-6-3-4-7-18(16)22/h3-4,6-9,12H,5,10-11,13-14H2,1-2H3,(H,23,25). The summed E-state index contributed by atoms with van der Waals surface area (Å²) < 4.78 is 39.0. The van der Waals surface area contributed by atoms with Crippen LogP contribution in [0.2, 0.25) is 5.02 Å². The second kappa shape index (κ2) is 10.8. The van der Waals surface area contributed by atoms with E-state index in [1.54, 1.807) is 49.0 Å². The molecule has 0 radical (unpaired) electrons. The first kappa shape index (κ1) is 23.5. The summed E-state index contributed by atoms with van der Waals surface area (Å²) in [6.45, 7) is 1.85. The van der Waals surface area contributed by atoms with Crippen LogP contribution in [0.1, 0.15) is 17.5 Å². The van der Waals surface area contributed by atoms with E-state index in [9.17, 15) is 17.6 Å². The number of sulfonamides is 1. The van der Waals surface area contributed by atoms with Gasteiger partial charge in [0.2, 0.25) is 15.9 Å². The molecule has 0 aliphatic carbocycles. The van der Waals surface area contributed by atoms with E-state index >= 15 is 0 Å². The van der Waals surface area contributed by atoms with E-state index in [1.807, 2.05) is 0 Å². The molecule has 0 unspecified atom stereocenters. The molecule has 9 heteroatoms. The molecule has 1 N–H and O–H groups in total. The van der Waals surface area contributed by atoms with Crippen LogP contribution in [0.4, 0.5) is 10.1 Å². The SMILES string of the molecule is Cc1ccc(Cl)cc1N(CC(=O)NCCCSCc1ccccc1F)S(C)(=O)=O. The first-order valence-electron chi connectivity index (χ1n) is 9.00. The number of amides is 1. The van der Waals surface area contributed by atoms with Gasteiger partial charge >= 0.3 is 0 Å². The van der Waals surface area contributed by atoms with Gasteiger partial charge in [-0.05, 0) is 48.4 Å². The van der Waals surface area contributed by atoms with Crippen molar-refractivity contribution in [2.75, 3.05) is 29.4 Å². The molecule has 0 bridgehead atoms. The predicted molar refractivity (Wildman–Crippen MR) is 119 cm³/mol. The van der Waals surface area contributed by atoms with E-state index in [0.717, 1.165) is 16.3 Å². The number of hydrogen-bond acceptors (Lipinski definition) is 4. The summed E-state index contributed by atoms with van der Waals surface area (Å²) in [7, 11) is -3.65. The van der Waals surface area contributed by atoms with Crippen LogP contribution in [0.3, 0.4) is 0 Å². The number of anilines is 1. The smallest absolute Gasteiger partial charge is 0.240 e. The quantitative estimate of drug-likeness (QED) is 0.546. The molecule has 0 aromatic heterocycles. The zero-order valence-electron chi connectivity index (χ0n) is 16.3. The number of hydrogen-bond donors (Lipinski definition) is 1. The van der Waals surface area contributed by atoms with Crippen LogP contribution in [0.15, 0.2) is 42.5 Å². The molecule has 0 fully saturated rings. The maximum atomic E-state index is 13.5.